The van der Waals surface area contributed by atoms with Gasteiger partial charge in [-0.2, -0.15) is 12.6 Å². The molecule has 8 aromatic rings. The Hall–Kier alpha value is -8.35. The molecule has 0 bridgehead atoms. The highest BCUT2D eigenvalue weighted by atomic mass is 19.2. The molecule has 8 rings (SSSR count). The summed E-state index contributed by atoms with van der Waals surface area (Å²) < 4.78 is 432. The van der Waals surface area contributed by atoms with Crippen LogP contribution in [0.1, 0.15) is 91.9 Å². The van der Waals surface area contributed by atoms with E-state index in [4.69, 9.17) is 0 Å². The first kappa shape index (κ1) is 78.6. The predicted molar refractivity (Wildman–Crippen MR) is 297 cm³/mol. The van der Waals surface area contributed by atoms with Crippen LogP contribution < -0.4 is 41.9 Å². The van der Waals surface area contributed by atoms with E-state index >= 15 is 0 Å². The number of rotatable bonds is 21. The maximum atomic E-state index is 14.8. The largest absolute Gasteiger partial charge is 0.207 e. The summed E-state index contributed by atoms with van der Waals surface area (Å²) in [4.78, 5) is 0. The number of halogens is 30. The quantitative estimate of drug-likeness (QED) is 0.0169. The van der Waals surface area contributed by atoms with Crippen LogP contribution in [0.2, 0.25) is 12.6 Å². The first-order valence-electron chi connectivity index (χ1n) is 29.4. The smallest absolute Gasteiger partial charge is 0.200 e. The lowest BCUT2D eigenvalue weighted by Gasteiger charge is -2.43. The van der Waals surface area contributed by atoms with Crippen LogP contribution in [0.4, 0.5) is 132 Å². The van der Waals surface area contributed by atoms with Crippen molar-refractivity contribution in [3.8, 4) is 11.1 Å². The van der Waals surface area contributed by atoms with Gasteiger partial charge in [0.15, 0.2) is 129 Å². The van der Waals surface area contributed by atoms with Gasteiger partial charge in [-0.05, 0) is 24.0 Å². The molecule has 2 nitrogen and oxygen atoms in total. The number of hydrogen-bond donors (Lipinski definition) is 0. The standard InChI is InChI=1S/C24H38N2.2C20H5BF15/c1-3-5-7-9-11-17-25-19-13-23(14-20-25)24-15-21-26(22-16-24)18-12-10-8-6-4-2;2*1-2-21(3-6(22)12(28)18(34)13(29)7(3)23,4-8(24)14(30)19(35)15(31)9(4)25)5-10(26)16(32)20(36)17(33)11(5)27/h13-16,19-22H,3-12,17-18H2,1-2H3;2*2H2,1H3/q+2;2*-1. The average Bonchev–Trinajstić information content (AvgIpc) is 0.708. The Morgan fingerprint density at radius 3 is 0.490 bits per heavy atom. The van der Waals surface area contributed by atoms with E-state index in [-0.39, 0.29) is 0 Å². The summed E-state index contributed by atoms with van der Waals surface area (Å²) in [5.41, 5.74) is -13.0. The molecule has 0 atom stereocenters. The first-order valence-corrected chi connectivity index (χ1v) is 29.4. The molecule has 2 aromatic heterocycles. The monoisotopic (exact) mass is 1440 g/mol. The third-order valence-corrected chi connectivity index (χ3v) is 16.8. The molecular formula is C64H48B2F30N2. The minimum Gasteiger partial charge on any atom is -0.207 e. The lowest BCUT2D eigenvalue weighted by Crippen LogP contribution is -2.72. The fourth-order valence-electron chi connectivity index (χ4n) is 11.8. The number of unbranched alkanes of at least 4 members (excludes halogenated alkanes) is 8. The average molecular weight is 1440 g/mol. The summed E-state index contributed by atoms with van der Waals surface area (Å²) in [5.74, 6) is -89.8. The van der Waals surface area contributed by atoms with Gasteiger partial charge in [0.05, 0.1) is 0 Å². The van der Waals surface area contributed by atoms with Crippen LogP contribution in [-0.4, -0.2) is 12.3 Å². The van der Waals surface area contributed by atoms with Crippen molar-refractivity contribution in [2.24, 2.45) is 0 Å². The minimum absolute atomic E-state index is 0.439. The number of nitrogens with zero attached hydrogens (tertiary/aromatic N) is 2. The van der Waals surface area contributed by atoms with Crippen molar-refractivity contribution in [3.05, 3.63) is 224 Å². The molecule has 6 aromatic carbocycles. The Labute approximate surface area is 537 Å². The molecule has 0 N–H and O–H groups in total. The van der Waals surface area contributed by atoms with Gasteiger partial charge in [0.1, 0.15) is 95.2 Å². The zero-order valence-corrected chi connectivity index (χ0v) is 50.9. The SMILES string of the molecule is CCCCCCC[n+]1ccc(-c2cc[n+](CCCCCCC)cc2)cc1.CC[B-](c1c(F)c(F)c(F)c(F)c1F)(c1c(F)c(F)c(F)c(F)c1F)c1c(F)c(F)c(F)c(F)c1F.CC[B-](c1c(F)c(F)c(F)c(F)c1F)(c1c(F)c(F)c(F)c(F)c1F)c1c(F)c(F)c(F)c(F)c1F. The zero-order valence-electron chi connectivity index (χ0n) is 50.9. The molecule has 0 aliphatic rings. The van der Waals surface area contributed by atoms with Crippen LogP contribution in [0.15, 0.2) is 49.1 Å². The van der Waals surface area contributed by atoms with E-state index in [0.717, 1.165) is 13.1 Å². The van der Waals surface area contributed by atoms with Crippen molar-refractivity contribution in [1.82, 2.24) is 0 Å². The maximum absolute atomic E-state index is 14.8. The Bertz CT molecular complexity index is 3520. The van der Waals surface area contributed by atoms with Crippen molar-refractivity contribution >= 4 is 45.1 Å². The molecule has 0 saturated carbocycles. The summed E-state index contributed by atoms with van der Waals surface area (Å²) in [5, 5.41) is 0. The number of benzene rings is 6. The number of aryl methyl sites for hydroxylation is 2. The Kier molecular flexibility index (Phi) is 25.8. The van der Waals surface area contributed by atoms with E-state index in [1.165, 1.54) is 75.3 Å². The van der Waals surface area contributed by atoms with Gasteiger partial charge in [-0.15, -0.1) is 32.8 Å². The molecule has 34 heteroatoms. The van der Waals surface area contributed by atoms with E-state index in [1.54, 1.807) is 0 Å². The summed E-state index contributed by atoms with van der Waals surface area (Å²) in [6.07, 6.45) is 8.07. The Balaban J connectivity index is 0.000000236. The van der Waals surface area contributed by atoms with E-state index in [9.17, 15) is 132 Å². The fourth-order valence-corrected chi connectivity index (χ4v) is 11.8. The molecule has 0 unspecified atom stereocenters. The van der Waals surface area contributed by atoms with Gasteiger partial charge in [0.2, 0.25) is 0 Å². The van der Waals surface area contributed by atoms with Gasteiger partial charge in [0.25, 0.3) is 0 Å². The second-order valence-corrected chi connectivity index (χ2v) is 22.3. The van der Waals surface area contributed by atoms with Crippen LogP contribution in [0.3, 0.4) is 0 Å². The third-order valence-electron chi connectivity index (χ3n) is 16.8. The van der Waals surface area contributed by atoms with Crippen molar-refractivity contribution < 1.29 is 141 Å². The molecule has 0 spiro atoms. The van der Waals surface area contributed by atoms with Crippen molar-refractivity contribution in [1.29, 1.82) is 0 Å². The van der Waals surface area contributed by atoms with Gasteiger partial charge in [0, 0.05) is 37.1 Å². The van der Waals surface area contributed by atoms with Gasteiger partial charge in [-0.1, -0.05) is 66.2 Å². The first-order chi connectivity index (χ1) is 46.0. The molecule has 0 aliphatic carbocycles. The van der Waals surface area contributed by atoms with Gasteiger partial charge in [-0.3, -0.25) is 0 Å². The second kappa shape index (κ2) is 32.1. The summed E-state index contributed by atoms with van der Waals surface area (Å²) in [7, 11) is 0. The van der Waals surface area contributed by atoms with Crippen LogP contribution >= 0.6 is 0 Å². The van der Waals surface area contributed by atoms with E-state index < -0.39 is 232 Å². The molecular weight excluding hydrogens is 1390 g/mol. The Morgan fingerprint density at radius 1 is 0.204 bits per heavy atom. The Morgan fingerprint density at radius 2 is 0.347 bits per heavy atom. The van der Waals surface area contributed by atoms with Crippen LogP contribution in [0.25, 0.3) is 11.1 Å². The molecule has 0 aliphatic heterocycles. The van der Waals surface area contributed by atoms with Crippen LogP contribution in [0.5, 0.6) is 0 Å². The topological polar surface area (TPSA) is 7.76 Å². The zero-order chi connectivity index (χ0) is 73.7. The second-order valence-electron chi connectivity index (χ2n) is 22.3. The lowest BCUT2D eigenvalue weighted by molar-refractivity contribution is -0.697. The van der Waals surface area contributed by atoms with E-state index in [1.807, 2.05) is 0 Å². The highest BCUT2D eigenvalue weighted by Gasteiger charge is 2.49. The van der Waals surface area contributed by atoms with E-state index in [2.05, 4.69) is 72.0 Å². The van der Waals surface area contributed by atoms with Gasteiger partial charge in [-0.25, -0.2) is 141 Å². The normalized spacial score (nSPS) is 11.7. The molecule has 0 saturated heterocycles. The van der Waals surface area contributed by atoms with Crippen molar-refractivity contribution in [2.45, 2.75) is 118 Å². The summed E-state index contributed by atoms with van der Waals surface area (Å²) in [6.45, 7) is 7.69. The molecule has 0 amide bonds. The number of aromatic nitrogens is 2. The van der Waals surface area contributed by atoms with Crippen LogP contribution in [-0.2, 0) is 13.1 Å². The molecule has 2 heterocycles. The van der Waals surface area contributed by atoms with Crippen molar-refractivity contribution in [3.63, 3.8) is 0 Å². The molecule has 0 radical (unpaired) electrons. The lowest BCUT2D eigenvalue weighted by atomic mass is 9.14. The highest BCUT2D eigenvalue weighted by Crippen LogP contribution is 2.33. The fraction of sp³-hybridized carbons (Fsp3) is 0.281. The molecule has 530 valence electrons. The molecule has 0 fully saturated rings. The predicted octanol–water partition coefficient (Wildman–Crippen LogP) is 16.4. The van der Waals surface area contributed by atoms with Crippen LogP contribution in [0, 0.1) is 175 Å². The third kappa shape index (κ3) is 14.2. The van der Waals surface area contributed by atoms with E-state index in [0.29, 0.717) is 13.8 Å². The van der Waals surface area contributed by atoms with Gasteiger partial charge >= 0.3 is 0 Å². The summed E-state index contributed by atoms with van der Waals surface area (Å²) >= 11 is 0. The number of pyridine rings is 2. The maximum Gasteiger partial charge on any atom is 0.200 e. The van der Waals surface area contributed by atoms with Gasteiger partial charge < -0.3 is 0 Å². The highest BCUT2D eigenvalue weighted by molar-refractivity contribution is 7.12. The molecule has 98 heavy (non-hydrogen) atoms. The number of hydrogen-bond acceptors (Lipinski definition) is 0. The van der Waals surface area contributed by atoms with Crippen molar-refractivity contribution in [2.75, 3.05) is 0 Å². The minimum atomic E-state index is -5.40. The summed E-state index contributed by atoms with van der Waals surface area (Å²) in [6, 6.07) is 8.99.